The van der Waals surface area contributed by atoms with Gasteiger partial charge in [0.15, 0.2) is 0 Å². The Kier molecular flexibility index (Phi) is 3.39. The predicted octanol–water partition coefficient (Wildman–Crippen LogP) is 3.03. The van der Waals surface area contributed by atoms with Crippen LogP contribution in [0.15, 0.2) is 18.2 Å². The van der Waals surface area contributed by atoms with Crippen molar-refractivity contribution in [1.29, 1.82) is 0 Å². The average molecular weight is 325 g/mol. The minimum atomic E-state index is -0.374. The van der Waals surface area contributed by atoms with Crippen LogP contribution in [0.3, 0.4) is 0 Å². The first-order valence-corrected chi connectivity index (χ1v) is 7.96. The Bertz CT molecular complexity index is 726. The molecule has 1 aliphatic rings. The van der Waals surface area contributed by atoms with Crippen molar-refractivity contribution in [3.63, 3.8) is 0 Å². The van der Waals surface area contributed by atoms with Gasteiger partial charge in [-0.3, -0.25) is 4.79 Å². The van der Waals surface area contributed by atoms with Crippen LogP contribution >= 0.6 is 22.9 Å². The first kappa shape index (κ1) is 14.6. The standard InChI is InChI=1S/C15H17ClN2O2S/c1-15(2)10(6-11(15)19)18-14(20)13-12(17)8-5-7(16)3-4-9(8)21-13/h3-5,10-11,19H,6,17H2,1-2H3,(H,18,20). The minimum absolute atomic E-state index is 0.0341. The fourth-order valence-electron chi connectivity index (χ4n) is 2.63. The lowest BCUT2D eigenvalue weighted by molar-refractivity contribution is -0.0689. The molecule has 1 amide bonds. The van der Waals surface area contributed by atoms with E-state index in [0.29, 0.717) is 22.0 Å². The summed E-state index contributed by atoms with van der Waals surface area (Å²) in [5.41, 5.74) is 6.24. The highest BCUT2D eigenvalue weighted by Crippen LogP contribution is 2.41. The SMILES string of the molecule is CC1(C)C(O)CC1NC(=O)c1sc2ccc(Cl)cc2c1N. The van der Waals surface area contributed by atoms with E-state index in [-0.39, 0.29) is 23.5 Å². The van der Waals surface area contributed by atoms with Gasteiger partial charge in [0.1, 0.15) is 4.88 Å². The number of hydrogen-bond acceptors (Lipinski definition) is 4. The van der Waals surface area contributed by atoms with E-state index in [9.17, 15) is 9.90 Å². The normalized spacial score (nSPS) is 23.8. The Morgan fingerprint density at radius 3 is 2.86 bits per heavy atom. The number of hydrogen-bond donors (Lipinski definition) is 3. The number of amides is 1. The van der Waals surface area contributed by atoms with E-state index in [0.717, 1.165) is 10.1 Å². The molecule has 4 N–H and O–H groups in total. The molecule has 1 aromatic heterocycles. The van der Waals surface area contributed by atoms with E-state index >= 15 is 0 Å². The molecule has 0 bridgehead atoms. The van der Waals surface area contributed by atoms with Gasteiger partial charge in [0.05, 0.1) is 11.8 Å². The van der Waals surface area contributed by atoms with Crippen LogP contribution < -0.4 is 11.1 Å². The smallest absolute Gasteiger partial charge is 0.263 e. The van der Waals surface area contributed by atoms with E-state index in [1.165, 1.54) is 11.3 Å². The molecule has 1 saturated carbocycles. The molecule has 1 aromatic carbocycles. The summed E-state index contributed by atoms with van der Waals surface area (Å²) in [7, 11) is 0. The summed E-state index contributed by atoms with van der Waals surface area (Å²) >= 11 is 7.33. The molecule has 0 spiro atoms. The maximum absolute atomic E-state index is 12.4. The van der Waals surface area contributed by atoms with E-state index in [2.05, 4.69) is 5.32 Å². The quantitative estimate of drug-likeness (QED) is 0.794. The number of aliphatic hydroxyl groups is 1. The maximum Gasteiger partial charge on any atom is 0.263 e. The van der Waals surface area contributed by atoms with Crippen LogP contribution in [0.1, 0.15) is 29.9 Å². The van der Waals surface area contributed by atoms with Gasteiger partial charge < -0.3 is 16.2 Å². The van der Waals surface area contributed by atoms with Crippen molar-refractivity contribution in [2.75, 3.05) is 5.73 Å². The number of halogens is 1. The van der Waals surface area contributed by atoms with Crippen LogP contribution in [0.2, 0.25) is 5.02 Å². The van der Waals surface area contributed by atoms with Crippen molar-refractivity contribution in [3.8, 4) is 0 Å². The molecule has 2 atom stereocenters. The third-order valence-corrected chi connectivity index (χ3v) is 5.84. The number of nitrogens with one attached hydrogen (secondary N) is 1. The lowest BCUT2D eigenvalue weighted by Gasteiger charge is -2.49. The highest BCUT2D eigenvalue weighted by atomic mass is 35.5. The maximum atomic E-state index is 12.4. The van der Waals surface area contributed by atoms with Crippen LogP contribution in [0.25, 0.3) is 10.1 Å². The summed E-state index contributed by atoms with van der Waals surface area (Å²) in [4.78, 5) is 12.9. The molecule has 3 rings (SSSR count). The molecule has 112 valence electrons. The van der Waals surface area contributed by atoms with Gasteiger partial charge in [-0.05, 0) is 24.6 Å². The summed E-state index contributed by atoms with van der Waals surface area (Å²) in [6.07, 6.45) is 0.205. The third kappa shape index (κ3) is 2.29. The molecule has 0 aliphatic heterocycles. The van der Waals surface area contributed by atoms with Crippen LogP contribution in [0.4, 0.5) is 5.69 Å². The zero-order valence-corrected chi connectivity index (χ0v) is 13.4. The summed E-state index contributed by atoms with van der Waals surface area (Å²) in [5.74, 6) is -0.185. The number of nitrogen functional groups attached to an aromatic ring is 1. The molecular formula is C15H17ClN2O2S. The second-order valence-corrected chi connectivity index (χ2v) is 7.57. The fraction of sp³-hybridized carbons (Fsp3) is 0.400. The molecule has 1 fully saturated rings. The number of carbonyl (C=O) groups is 1. The number of nitrogens with two attached hydrogens (primary N) is 1. The van der Waals surface area contributed by atoms with E-state index in [1.807, 2.05) is 19.9 Å². The van der Waals surface area contributed by atoms with Crippen molar-refractivity contribution >= 4 is 44.6 Å². The number of fused-ring (bicyclic) bond motifs is 1. The van der Waals surface area contributed by atoms with Crippen LogP contribution in [0, 0.1) is 5.41 Å². The molecule has 0 radical (unpaired) electrons. The molecular weight excluding hydrogens is 308 g/mol. The van der Waals surface area contributed by atoms with Crippen LogP contribution in [0.5, 0.6) is 0 Å². The number of rotatable bonds is 2. The summed E-state index contributed by atoms with van der Waals surface area (Å²) in [6.45, 7) is 3.89. The van der Waals surface area contributed by atoms with Crippen molar-refractivity contribution in [2.45, 2.75) is 32.4 Å². The number of carbonyl (C=O) groups excluding carboxylic acids is 1. The Labute approximate surface area is 131 Å². The van der Waals surface area contributed by atoms with Crippen molar-refractivity contribution in [1.82, 2.24) is 5.32 Å². The first-order chi connectivity index (χ1) is 9.80. The van der Waals surface area contributed by atoms with Gasteiger partial charge in [-0.25, -0.2) is 0 Å². The van der Waals surface area contributed by atoms with Crippen LogP contribution in [-0.4, -0.2) is 23.2 Å². The van der Waals surface area contributed by atoms with Gasteiger partial charge >= 0.3 is 0 Å². The number of aliphatic hydroxyl groups excluding tert-OH is 1. The number of anilines is 1. The highest BCUT2D eigenvalue weighted by molar-refractivity contribution is 7.21. The van der Waals surface area contributed by atoms with Gasteiger partial charge in [0.25, 0.3) is 5.91 Å². The lowest BCUT2D eigenvalue weighted by atomic mass is 9.64. The van der Waals surface area contributed by atoms with E-state index < -0.39 is 0 Å². The second kappa shape index (κ2) is 4.87. The van der Waals surface area contributed by atoms with Crippen molar-refractivity contribution < 1.29 is 9.90 Å². The van der Waals surface area contributed by atoms with Gasteiger partial charge in [0, 0.05) is 26.6 Å². The molecule has 6 heteroatoms. The van der Waals surface area contributed by atoms with Crippen LogP contribution in [-0.2, 0) is 0 Å². The first-order valence-electron chi connectivity index (χ1n) is 6.77. The minimum Gasteiger partial charge on any atom is -0.397 e. The monoisotopic (exact) mass is 324 g/mol. The lowest BCUT2D eigenvalue weighted by Crippen LogP contribution is -2.61. The zero-order valence-electron chi connectivity index (χ0n) is 11.8. The highest BCUT2D eigenvalue weighted by Gasteiger charge is 2.48. The van der Waals surface area contributed by atoms with Gasteiger partial charge in [-0.2, -0.15) is 0 Å². The molecule has 1 heterocycles. The summed E-state index contributed by atoms with van der Waals surface area (Å²) in [5, 5.41) is 14.1. The Balaban J connectivity index is 1.87. The molecule has 21 heavy (non-hydrogen) atoms. The Morgan fingerprint density at radius 1 is 1.52 bits per heavy atom. The average Bonchev–Trinajstić information content (AvgIpc) is 2.75. The number of benzene rings is 1. The zero-order chi connectivity index (χ0) is 15.4. The second-order valence-electron chi connectivity index (χ2n) is 6.08. The van der Waals surface area contributed by atoms with E-state index in [1.54, 1.807) is 12.1 Å². The van der Waals surface area contributed by atoms with Crippen molar-refractivity contribution in [3.05, 3.63) is 28.1 Å². The van der Waals surface area contributed by atoms with Gasteiger partial charge in [-0.15, -0.1) is 11.3 Å². The topological polar surface area (TPSA) is 75.3 Å². The third-order valence-electron chi connectivity index (χ3n) is 4.42. The molecule has 0 saturated heterocycles. The largest absolute Gasteiger partial charge is 0.397 e. The Morgan fingerprint density at radius 2 is 2.24 bits per heavy atom. The molecule has 1 aliphatic carbocycles. The molecule has 2 unspecified atom stereocenters. The van der Waals surface area contributed by atoms with E-state index in [4.69, 9.17) is 17.3 Å². The Hall–Kier alpha value is -1.30. The van der Waals surface area contributed by atoms with Crippen molar-refractivity contribution in [2.24, 2.45) is 5.41 Å². The predicted molar refractivity (Wildman–Crippen MR) is 86.9 cm³/mol. The molecule has 4 nitrogen and oxygen atoms in total. The summed E-state index contributed by atoms with van der Waals surface area (Å²) in [6, 6.07) is 5.39. The summed E-state index contributed by atoms with van der Waals surface area (Å²) < 4.78 is 0.940. The van der Waals surface area contributed by atoms with Gasteiger partial charge in [0.2, 0.25) is 0 Å². The number of thiophene rings is 1. The molecule has 2 aromatic rings. The van der Waals surface area contributed by atoms with Gasteiger partial charge in [-0.1, -0.05) is 25.4 Å². The fourth-order valence-corrected chi connectivity index (χ4v) is 3.81.